The van der Waals surface area contributed by atoms with Crippen LogP contribution in [0.1, 0.15) is 6.92 Å². The molecular formula is C18H22N4O3. The van der Waals surface area contributed by atoms with Gasteiger partial charge in [-0.15, -0.1) is 0 Å². The Morgan fingerprint density at radius 3 is 2.92 bits per heavy atom. The molecule has 1 amide bonds. The van der Waals surface area contributed by atoms with Gasteiger partial charge in [0.2, 0.25) is 5.91 Å². The van der Waals surface area contributed by atoms with Crippen LogP contribution in [0.15, 0.2) is 47.5 Å². The lowest BCUT2D eigenvalue weighted by molar-refractivity contribution is -0.131. The number of para-hydroxylation sites is 2. The van der Waals surface area contributed by atoms with Crippen molar-refractivity contribution in [3.63, 3.8) is 0 Å². The van der Waals surface area contributed by atoms with E-state index in [0.717, 1.165) is 24.5 Å². The first-order valence-electron chi connectivity index (χ1n) is 8.34. The Kier molecular flexibility index (Phi) is 5.02. The maximum atomic E-state index is 12.4. The second-order valence-corrected chi connectivity index (χ2v) is 6.05. The van der Waals surface area contributed by atoms with E-state index in [2.05, 4.69) is 16.8 Å². The summed E-state index contributed by atoms with van der Waals surface area (Å²) in [4.78, 5) is 31.5. The second-order valence-electron chi connectivity index (χ2n) is 6.05. The Bertz CT molecular complexity index is 805. The summed E-state index contributed by atoms with van der Waals surface area (Å²) >= 11 is 0. The van der Waals surface area contributed by atoms with E-state index in [1.807, 2.05) is 24.3 Å². The van der Waals surface area contributed by atoms with Crippen LogP contribution in [0.5, 0.6) is 5.75 Å². The van der Waals surface area contributed by atoms with Gasteiger partial charge in [0, 0.05) is 26.0 Å². The van der Waals surface area contributed by atoms with Crippen LogP contribution in [-0.4, -0.2) is 53.1 Å². The minimum absolute atomic E-state index is 0.0238. The lowest BCUT2D eigenvalue weighted by atomic mass is 10.2. The standard InChI is InChI=1S/C18H22N4O3/c1-3-21-12-14(25-16-8-5-4-7-15(16)21)11-20(2)17(23)13-22-10-6-9-19-18(22)24/h4-10,14H,3,11-13H2,1-2H3/t14-/m0/s1. The first-order chi connectivity index (χ1) is 12.1. The smallest absolute Gasteiger partial charge is 0.347 e. The van der Waals surface area contributed by atoms with Crippen molar-refractivity contribution in [2.75, 3.05) is 31.6 Å². The maximum absolute atomic E-state index is 12.4. The molecule has 0 bridgehead atoms. The molecule has 7 nitrogen and oxygen atoms in total. The fraction of sp³-hybridized carbons (Fsp3) is 0.389. The number of likely N-dealkylation sites (N-methyl/N-ethyl adjacent to an activating group) is 2. The molecule has 0 spiro atoms. The van der Waals surface area contributed by atoms with Crippen LogP contribution in [0.4, 0.5) is 5.69 Å². The number of amides is 1. The summed E-state index contributed by atoms with van der Waals surface area (Å²) in [5, 5.41) is 0. The first kappa shape index (κ1) is 17.0. The Hall–Kier alpha value is -2.83. The third-order valence-electron chi connectivity index (χ3n) is 4.30. The van der Waals surface area contributed by atoms with Crippen LogP contribution in [0.3, 0.4) is 0 Å². The molecule has 0 saturated carbocycles. The zero-order valence-corrected chi connectivity index (χ0v) is 14.5. The highest BCUT2D eigenvalue weighted by molar-refractivity contribution is 5.75. The third kappa shape index (κ3) is 3.81. The summed E-state index contributed by atoms with van der Waals surface area (Å²) in [6, 6.07) is 9.56. The van der Waals surface area contributed by atoms with Crippen LogP contribution in [-0.2, 0) is 11.3 Å². The van der Waals surface area contributed by atoms with Gasteiger partial charge in [0.1, 0.15) is 18.4 Å². The van der Waals surface area contributed by atoms with Crippen molar-refractivity contribution in [1.29, 1.82) is 0 Å². The Balaban J connectivity index is 1.65. The first-order valence-corrected chi connectivity index (χ1v) is 8.34. The highest BCUT2D eigenvalue weighted by Crippen LogP contribution is 2.32. The molecule has 2 aromatic rings. The summed E-state index contributed by atoms with van der Waals surface area (Å²) in [6.07, 6.45) is 2.86. The summed E-state index contributed by atoms with van der Waals surface area (Å²) in [5.74, 6) is 0.686. The number of ether oxygens (including phenoxy) is 1. The average molecular weight is 342 g/mol. The van der Waals surface area contributed by atoms with Gasteiger partial charge in [-0.05, 0) is 25.1 Å². The predicted molar refractivity (Wildman–Crippen MR) is 94.9 cm³/mol. The second kappa shape index (κ2) is 7.38. The molecule has 0 fully saturated rings. The Morgan fingerprint density at radius 2 is 2.16 bits per heavy atom. The van der Waals surface area contributed by atoms with Gasteiger partial charge >= 0.3 is 5.69 Å². The molecule has 0 aliphatic carbocycles. The van der Waals surface area contributed by atoms with Crippen molar-refractivity contribution in [2.24, 2.45) is 0 Å². The third-order valence-corrected chi connectivity index (χ3v) is 4.30. The summed E-state index contributed by atoms with van der Waals surface area (Å²) in [7, 11) is 1.73. The highest BCUT2D eigenvalue weighted by Gasteiger charge is 2.26. The van der Waals surface area contributed by atoms with Crippen LogP contribution in [0, 0.1) is 0 Å². The van der Waals surface area contributed by atoms with E-state index < -0.39 is 5.69 Å². The number of anilines is 1. The van der Waals surface area contributed by atoms with Gasteiger partial charge in [-0.3, -0.25) is 9.36 Å². The molecular weight excluding hydrogens is 320 g/mol. The van der Waals surface area contributed by atoms with Crippen molar-refractivity contribution in [1.82, 2.24) is 14.5 Å². The van der Waals surface area contributed by atoms with E-state index in [4.69, 9.17) is 4.74 Å². The monoisotopic (exact) mass is 342 g/mol. The van der Waals surface area contributed by atoms with E-state index in [-0.39, 0.29) is 18.6 Å². The minimum atomic E-state index is -0.427. The Labute approximate surface area is 146 Å². The molecule has 0 N–H and O–H groups in total. The summed E-state index contributed by atoms with van der Waals surface area (Å²) in [5.41, 5.74) is 0.654. The highest BCUT2D eigenvalue weighted by atomic mass is 16.5. The van der Waals surface area contributed by atoms with E-state index in [1.165, 1.54) is 10.8 Å². The lowest BCUT2D eigenvalue weighted by Crippen LogP contribution is -2.47. The van der Waals surface area contributed by atoms with Gasteiger partial charge in [-0.2, -0.15) is 0 Å². The molecule has 0 radical (unpaired) electrons. The molecule has 3 rings (SSSR count). The van der Waals surface area contributed by atoms with Gasteiger partial charge in [-0.25, -0.2) is 9.78 Å². The molecule has 25 heavy (non-hydrogen) atoms. The molecule has 132 valence electrons. The van der Waals surface area contributed by atoms with Crippen LogP contribution in [0.2, 0.25) is 0 Å². The van der Waals surface area contributed by atoms with Crippen molar-refractivity contribution >= 4 is 11.6 Å². The zero-order chi connectivity index (χ0) is 17.8. The van der Waals surface area contributed by atoms with Gasteiger partial charge in [0.25, 0.3) is 0 Å². The van der Waals surface area contributed by atoms with Crippen LogP contribution in [0.25, 0.3) is 0 Å². The number of rotatable bonds is 5. The van der Waals surface area contributed by atoms with Crippen molar-refractivity contribution in [2.45, 2.75) is 19.6 Å². The van der Waals surface area contributed by atoms with E-state index in [1.54, 1.807) is 24.2 Å². The van der Waals surface area contributed by atoms with Gasteiger partial charge < -0.3 is 14.5 Å². The molecule has 2 heterocycles. The summed E-state index contributed by atoms with van der Waals surface area (Å²) in [6.45, 7) is 4.13. The van der Waals surface area contributed by atoms with E-state index in [0.29, 0.717) is 6.54 Å². The van der Waals surface area contributed by atoms with Gasteiger partial charge in [-0.1, -0.05) is 12.1 Å². The molecule has 1 atom stereocenters. The predicted octanol–water partition coefficient (Wildman–Crippen LogP) is 0.989. The zero-order valence-electron chi connectivity index (χ0n) is 14.5. The maximum Gasteiger partial charge on any atom is 0.347 e. The molecule has 0 unspecified atom stereocenters. The average Bonchev–Trinajstić information content (AvgIpc) is 2.62. The number of hydrogen-bond donors (Lipinski definition) is 0. The largest absolute Gasteiger partial charge is 0.485 e. The molecule has 1 aromatic carbocycles. The number of hydrogen-bond acceptors (Lipinski definition) is 5. The number of carbonyl (C=O) groups excluding carboxylic acids is 1. The SMILES string of the molecule is CCN1C[C@H](CN(C)C(=O)Cn2cccnc2=O)Oc2ccccc21. The molecule has 0 saturated heterocycles. The van der Waals surface area contributed by atoms with E-state index >= 15 is 0 Å². The minimum Gasteiger partial charge on any atom is -0.485 e. The number of carbonyl (C=O) groups is 1. The van der Waals surface area contributed by atoms with E-state index in [9.17, 15) is 9.59 Å². The normalized spacial score (nSPS) is 16.1. The number of nitrogens with zero attached hydrogens (tertiary/aromatic N) is 4. The van der Waals surface area contributed by atoms with Crippen molar-refractivity contribution in [3.8, 4) is 5.75 Å². The topological polar surface area (TPSA) is 67.7 Å². The molecule has 1 aromatic heterocycles. The number of fused-ring (bicyclic) bond motifs is 1. The van der Waals surface area contributed by atoms with Crippen LogP contribution < -0.4 is 15.3 Å². The van der Waals surface area contributed by atoms with Crippen molar-refractivity contribution in [3.05, 3.63) is 53.2 Å². The van der Waals surface area contributed by atoms with Gasteiger partial charge in [0.05, 0.1) is 18.8 Å². The van der Waals surface area contributed by atoms with Crippen LogP contribution >= 0.6 is 0 Å². The summed E-state index contributed by atoms with van der Waals surface area (Å²) < 4.78 is 7.34. The Morgan fingerprint density at radius 1 is 1.36 bits per heavy atom. The number of aromatic nitrogens is 2. The molecule has 1 aliphatic heterocycles. The van der Waals surface area contributed by atoms with Gasteiger partial charge in [0.15, 0.2) is 0 Å². The molecule has 7 heteroatoms. The fourth-order valence-electron chi connectivity index (χ4n) is 2.95. The quantitative estimate of drug-likeness (QED) is 0.811. The number of benzene rings is 1. The fourth-order valence-corrected chi connectivity index (χ4v) is 2.95. The molecule has 1 aliphatic rings. The van der Waals surface area contributed by atoms with Crippen molar-refractivity contribution < 1.29 is 9.53 Å². The lowest BCUT2D eigenvalue weighted by Gasteiger charge is -2.37.